The summed E-state index contributed by atoms with van der Waals surface area (Å²) >= 11 is 0. The van der Waals surface area contributed by atoms with Crippen molar-refractivity contribution in [2.24, 2.45) is 0 Å². The quantitative estimate of drug-likeness (QED) is 0.403. The van der Waals surface area contributed by atoms with Gasteiger partial charge in [0, 0.05) is 6.08 Å². The van der Waals surface area contributed by atoms with E-state index in [0.717, 1.165) is 10.5 Å². The van der Waals surface area contributed by atoms with Crippen LogP contribution in [0.25, 0.3) is 0 Å². The maximum absolute atomic E-state index is 12.8. The van der Waals surface area contributed by atoms with Crippen molar-refractivity contribution in [1.29, 1.82) is 0 Å². The Labute approximate surface area is 178 Å². The molecule has 164 valence electrons. The van der Waals surface area contributed by atoms with Crippen molar-refractivity contribution in [2.75, 3.05) is 0 Å². The maximum Gasteiger partial charge on any atom is 0.420 e. The van der Waals surface area contributed by atoms with Gasteiger partial charge in [-0.2, -0.15) is 0 Å². The molecule has 0 N–H and O–H groups in total. The third kappa shape index (κ3) is 6.34. The van der Waals surface area contributed by atoms with Gasteiger partial charge in [0.25, 0.3) is 0 Å². The van der Waals surface area contributed by atoms with Gasteiger partial charge in [-0.15, -0.1) is 0 Å². The van der Waals surface area contributed by atoms with Crippen LogP contribution in [0.15, 0.2) is 42.5 Å². The highest BCUT2D eigenvalue weighted by molar-refractivity contribution is 5.91. The summed E-state index contributed by atoms with van der Waals surface area (Å²) in [7, 11) is 0. The summed E-state index contributed by atoms with van der Waals surface area (Å²) in [4.78, 5) is 38.6. The second-order valence-corrected chi connectivity index (χ2v) is 9.47. The summed E-state index contributed by atoms with van der Waals surface area (Å²) < 4.78 is 16.3. The maximum atomic E-state index is 12.8. The summed E-state index contributed by atoms with van der Waals surface area (Å²) in [5.41, 5.74) is -1.76. The number of hydrogen-bond acceptors (Lipinski definition) is 6. The number of cyclic esters (lactones) is 1. The normalized spacial score (nSPS) is 22.2. The zero-order chi connectivity index (χ0) is 22.7. The Kier molecular flexibility index (Phi) is 6.64. The topological polar surface area (TPSA) is 82.1 Å². The number of amides is 2. The lowest BCUT2D eigenvalue weighted by molar-refractivity contribution is -0.148. The summed E-state index contributed by atoms with van der Waals surface area (Å²) in [6.07, 6.45) is 1.43. The molecule has 0 aromatic heterocycles. The van der Waals surface area contributed by atoms with Crippen LogP contribution < -0.4 is 0 Å². The van der Waals surface area contributed by atoms with Gasteiger partial charge in [-0.25, -0.2) is 19.3 Å². The highest BCUT2D eigenvalue weighted by Crippen LogP contribution is 2.34. The first-order valence-corrected chi connectivity index (χ1v) is 9.91. The number of carbonyl (C=O) groups is 3. The SMILES string of the molecule is CC(C)(C)OC(=O)/C=C/[C@@]1(C)OC(=O)N(C(=O)OC(C)(C)C)[C@@H]1Cc1ccccc1. The van der Waals surface area contributed by atoms with Crippen LogP contribution in [0.5, 0.6) is 0 Å². The summed E-state index contributed by atoms with van der Waals surface area (Å²) in [6, 6.07) is 8.72. The molecular weight excluding hydrogens is 386 g/mol. The molecule has 1 fully saturated rings. The van der Waals surface area contributed by atoms with E-state index < -0.39 is 41.0 Å². The van der Waals surface area contributed by atoms with Crippen molar-refractivity contribution >= 4 is 18.2 Å². The predicted octanol–water partition coefficient (Wildman–Crippen LogP) is 4.64. The minimum Gasteiger partial charge on any atom is -0.457 e. The number of hydrogen-bond donors (Lipinski definition) is 0. The third-order valence-corrected chi connectivity index (χ3v) is 4.30. The molecule has 2 atom stereocenters. The molecule has 0 bridgehead atoms. The minimum absolute atomic E-state index is 0.334. The van der Waals surface area contributed by atoms with Gasteiger partial charge < -0.3 is 14.2 Å². The van der Waals surface area contributed by atoms with E-state index in [9.17, 15) is 14.4 Å². The van der Waals surface area contributed by atoms with Crippen LogP contribution in [0.4, 0.5) is 9.59 Å². The largest absolute Gasteiger partial charge is 0.457 e. The molecule has 1 aliphatic heterocycles. The first kappa shape index (κ1) is 23.4. The van der Waals surface area contributed by atoms with Crippen molar-refractivity contribution in [3.8, 4) is 0 Å². The van der Waals surface area contributed by atoms with E-state index in [4.69, 9.17) is 14.2 Å². The van der Waals surface area contributed by atoms with E-state index in [1.54, 1.807) is 48.5 Å². The summed E-state index contributed by atoms with van der Waals surface area (Å²) in [5.74, 6) is -0.561. The van der Waals surface area contributed by atoms with E-state index in [1.807, 2.05) is 30.3 Å². The second kappa shape index (κ2) is 8.50. The number of imide groups is 1. The third-order valence-electron chi connectivity index (χ3n) is 4.30. The molecule has 30 heavy (non-hydrogen) atoms. The minimum atomic E-state index is -1.24. The van der Waals surface area contributed by atoms with Crippen LogP contribution in [-0.4, -0.2) is 45.9 Å². The van der Waals surface area contributed by atoms with Crippen molar-refractivity contribution in [1.82, 2.24) is 4.90 Å². The standard InChI is InChI=1S/C23H31NO6/c1-21(2,3)28-18(25)13-14-23(7)17(15-16-11-9-8-10-12-16)24(20(27)30-23)19(26)29-22(4,5)6/h8-14,17H,15H2,1-7H3/b14-13+/t17-,23-/m1/s1. The fraction of sp³-hybridized carbons (Fsp3) is 0.522. The van der Waals surface area contributed by atoms with E-state index in [1.165, 1.54) is 12.2 Å². The van der Waals surface area contributed by atoms with Crippen LogP contribution in [0.2, 0.25) is 0 Å². The highest BCUT2D eigenvalue weighted by Gasteiger charge is 2.53. The molecule has 0 saturated carbocycles. The van der Waals surface area contributed by atoms with Gasteiger partial charge in [-0.1, -0.05) is 30.3 Å². The predicted molar refractivity (Wildman–Crippen MR) is 112 cm³/mol. The Hall–Kier alpha value is -2.83. The molecule has 1 aromatic carbocycles. The lowest BCUT2D eigenvalue weighted by atomic mass is 9.90. The molecule has 1 aliphatic rings. The Morgan fingerprint density at radius 1 is 1.07 bits per heavy atom. The van der Waals surface area contributed by atoms with Gasteiger partial charge in [-0.3, -0.25) is 0 Å². The average Bonchev–Trinajstić information content (AvgIpc) is 2.82. The molecule has 1 saturated heterocycles. The van der Waals surface area contributed by atoms with Crippen molar-refractivity contribution in [2.45, 2.75) is 77.7 Å². The average molecular weight is 418 g/mol. The molecule has 2 rings (SSSR count). The molecule has 0 unspecified atom stereocenters. The van der Waals surface area contributed by atoms with E-state index >= 15 is 0 Å². The van der Waals surface area contributed by atoms with Gasteiger partial charge in [0.05, 0.1) is 6.04 Å². The number of esters is 1. The first-order valence-electron chi connectivity index (χ1n) is 9.91. The van der Waals surface area contributed by atoms with Crippen LogP contribution in [-0.2, 0) is 25.4 Å². The van der Waals surface area contributed by atoms with Crippen LogP contribution >= 0.6 is 0 Å². The van der Waals surface area contributed by atoms with Gasteiger partial charge in [-0.05, 0) is 66.5 Å². The Morgan fingerprint density at radius 2 is 1.63 bits per heavy atom. The molecule has 0 spiro atoms. The smallest absolute Gasteiger partial charge is 0.420 e. The summed E-state index contributed by atoms with van der Waals surface area (Å²) in [6.45, 7) is 12.1. The van der Waals surface area contributed by atoms with E-state index in [-0.39, 0.29) is 0 Å². The monoisotopic (exact) mass is 417 g/mol. The second-order valence-electron chi connectivity index (χ2n) is 9.47. The molecule has 1 aromatic rings. The van der Waals surface area contributed by atoms with Gasteiger partial charge >= 0.3 is 18.2 Å². The highest BCUT2D eigenvalue weighted by atomic mass is 16.6. The zero-order valence-corrected chi connectivity index (χ0v) is 18.7. The molecular formula is C23H31NO6. The van der Waals surface area contributed by atoms with E-state index in [0.29, 0.717) is 6.42 Å². The van der Waals surface area contributed by atoms with Gasteiger partial charge in [0.2, 0.25) is 0 Å². The molecule has 7 heteroatoms. The Morgan fingerprint density at radius 3 is 2.17 bits per heavy atom. The van der Waals surface area contributed by atoms with Crippen LogP contribution in [0.3, 0.4) is 0 Å². The Bertz CT molecular complexity index is 818. The molecule has 2 amide bonds. The molecule has 0 aliphatic carbocycles. The first-order chi connectivity index (χ1) is 13.7. The van der Waals surface area contributed by atoms with Gasteiger partial charge in [0.1, 0.15) is 11.2 Å². The number of nitrogens with zero attached hydrogens (tertiary/aromatic N) is 1. The fourth-order valence-electron chi connectivity index (χ4n) is 3.05. The number of ether oxygens (including phenoxy) is 3. The number of benzene rings is 1. The summed E-state index contributed by atoms with van der Waals surface area (Å²) in [5, 5.41) is 0. The van der Waals surface area contributed by atoms with Crippen molar-refractivity contribution in [3.63, 3.8) is 0 Å². The Balaban J connectivity index is 2.36. The lowest BCUT2D eigenvalue weighted by Crippen LogP contribution is -2.48. The molecule has 1 heterocycles. The van der Waals surface area contributed by atoms with Crippen molar-refractivity contribution in [3.05, 3.63) is 48.0 Å². The number of rotatable bonds is 4. The molecule has 0 radical (unpaired) electrons. The van der Waals surface area contributed by atoms with E-state index in [2.05, 4.69) is 0 Å². The zero-order valence-electron chi connectivity index (χ0n) is 18.7. The van der Waals surface area contributed by atoms with Gasteiger partial charge in [0.15, 0.2) is 5.60 Å². The van der Waals surface area contributed by atoms with Crippen LogP contribution in [0.1, 0.15) is 54.0 Å². The number of carbonyl (C=O) groups excluding carboxylic acids is 3. The van der Waals surface area contributed by atoms with Crippen molar-refractivity contribution < 1.29 is 28.6 Å². The lowest BCUT2D eigenvalue weighted by Gasteiger charge is -2.30. The fourth-order valence-corrected chi connectivity index (χ4v) is 3.05. The molecule has 7 nitrogen and oxygen atoms in total. The van der Waals surface area contributed by atoms with Crippen LogP contribution in [0, 0.1) is 0 Å².